The van der Waals surface area contributed by atoms with Crippen molar-refractivity contribution in [1.29, 1.82) is 0 Å². The second-order valence-electron chi connectivity index (χ2n) is 3.34. The summed E-state index contributed by atoms with van der Waals surface area (Å²) in [6, 6.07) is 4.29. The SMILES string of the molecule is Cc1sc(-c2cc(F)cc(Cl)c2)nc1CO. The van der Waals surface area contributed by atoms with Crippen LogP contribution in [0.3, 0.4) is 0 Å². The van der Waals surface area contributed by atoms with Crippen molar-refractivity contribution in [2.24, 2.45) is 0 Å². The largest absolute Gasteiger partial charge is 0.390 e. The number of aromatic nitrogens is 1. The summed E-state index contributed by atoms with van der Waals surface area (Å²) in [4.78, 5) is 5.15. The first kappa shape index (κ1) is 11.5. The Morgan fingerprint density at radius 1 is 1.44 bits per heavy atom. The van der Waals surface area contributed by atoms with E-state index in [1.807, 2.05) is 6.92 Å². The summed E-state index contributed by atoms with van der Waals surface area (Å²) in [7, 11) is 0. The summed E-state index contributed by atoms with van der Waals surface area (Å²) in [5.74, 6) is -0.388. The van der Waals surface area contributed by atoms with Crippen molar-refractivity contribution in [2.45, 2.75) is 13.5 Å². The fourth-order valence-electron chi connectivity index (χ4n) is 1.38. The van der Waals surface area contributed by atoms with Crippen LogP contribution in [0, 0.1) is 12.7 Å². The van der Waals surface area contributed by atoms with Crippen molar-refractivity contribution < 1.29 is 9.50 Å². The van der Waals surface area contributed by atoms with Gasteiger partial charge in [-0.2, -0.15) is 0 Å². The first-order chi connectivity index (χ1) is 7.60. The molecule has 0 amide bonds. The Labute approximate surface area is 101 Å². The van der Waals surface area contributed by atoms with E-state index in [1.54, 1.807) is 6.07 Å². The number of aliphatic hydroxyl groups excluding tert-OH is 1. The van der Waals surface area contributed by atoms with Gasteiger partial charge in [-0.25, -0.2) is 9.37 Å². The van der Waals surface area contributed by atoms with E-state index in [9.17, 15) is 4.39 Å². The van der Waals surface area contributed by atoms with Crippen LogP contribution in [0.1, 0.15) is 10.6 Å². The summed E-state index contributed by atoms with van der Waals surface area (Å²) in [6.45, 7) is 1.76. The lowest BCUT2D eigenvalue weighted by Gasteiger charge is -1.97. The second kappa shape index (κ2) is 4.49. The normalized spacial score (nSPS) is 10.8. The zero-order chi connectivity index (χ0) is 11.7. The minimum Gasteiger partial charge on any atom is -0.390 e. The molecule has 2 nitrogen and oxygen atoms in total. The van der Waals surface area contributed by atoms with Crippen LogP contribution in [0.5, 0.6) is 0 Å². The van der Waals surface area contributed by atoms with Crippen LogP contribution in [0.15, 0.2) is 18.2 Å². The molecule has 0 saturated carbocycles. The number of hydrogen-bond donors (Lipinski definition) is 1. The van der Waals surface area contributed by atoms with Crippen molar-refractivity contribution in [2.75, 3.05) is 0 Å². The summed E-state index contributed by atoms with van der Waals surface area (Å²) in [6.07, 6.45) is 0. The second-order valence-corrected chi connectivity index (χ2v) is 4.98. The van der Waals surface area contributed by atoms with Gasteiger partial charge in [-0.05, 0) is 25.1 Å². The fraction of sp³-hybridized carbons (Fsp3) is 0.182. The molecule has 0 bridgehead atoms. The van der Waals surface area contributed by atoms with Crippen LogP contribution in [0.4, 0.5) is 4.39 Å². The van der Waals surface area contributed by atoms with Crippen LogP contribution in [-0.2, 0) is 6.61 Å². The third-order valence-corrected chi connectivity index (χ3v) is 3.43. The molecule has 0 saturated heterocycles. The zero-order valence-corrected chi connectivity index (χ0v) is 10.1. The number of benzene rings is 1. The monoisotopic (exact) mass is 257 g/mol. The molecule has 0 radical (unpaired) electrons. The number of thiazole rings is 1. The van der Waals surface area contributed by atoms with Crippen LogP contribution in [-0.4, -0.2) is 10.1 Å². The highest BCUT2D eigenvalue weighted by Gasteiger charge is 2.10. The number of nitrogens with zero attached hydrogens (tertiary/aromatic N) is 1. The Balaban J connectivity index is 2.49. The number of hydrogen-bond acceptors (Lipinski definition) is 3. The highest BCUT2D eigenvalue weighted by atomic mass is 35.5. The molecule has 1 aromatic carbocycles. The molecule has 0 spiro atoms. The molecule has 0 atom stereocenters. The van der Waals surface area contributed by atoms with Gasteiger partial charge < -0.3 is 5.11 Å². The Bertz CT molecular complexity index is 506. The fourth-order valence-corrected chi connectivity index (χ4v) is 2.51. The van der Waals surface area contributed by atoms with E-state index in [4.69, 9.17) is 16.7 Å². The van der Waals surface area contributed by atoms with Crippen molar-refractivity contribution >= 4 is 22.9 Å². The molecule has 0 fully saturated rings. The molecular formula is C11H9ClFNOS. The van der Waals surface area contributed by atoms with E-state index in [0.29, 0.717) is 21.3 Å². The molecule has 16 heavy (non-hydrogen) atoms. The predicted octanol–water partition coefficient (Wildman–Crippen LogP) is 3.40. The van der Waals surface area contributed by atoms with E-state index >= 15 is 0 Å². The standard InChI is InChI=1S/C11H9ClFNOS/c1-6-10(5-15)14-11(16-6)7-2-8(12)4-9(13)3-7/h2-4,15H,5H2,1H3. The molecule has 0 unspecified atom stereocenters. The van der Waals surface area contributed by atoms with Gasteiger partial charge in [0.2, 0.25) is 0 Å². The summed E-state index contributed by atoms with van der Waals surface area (Å²) in [5, 5.41) is 10.0. The maximum absolute atomic E-state index is 13.1. The van der Waals surface area contributed by atoms with Gasteiger partial charge >= 0.3 is 0 Å². The Kier molecular flexibility index (Phi) is 3.23. The van der Waals surface area contributed by atoms with Gasteiger partial charge in [0.05, 0.1) is 12.3 Å². The molecular weight excluding hydrogens is 249 g/mol. The molecule has 1 aromatic heterocycles. The van der Waals surface area contributed by atoms with E-state index < -0.39 is 0 Å². The van der Waals surface area contributed by atoms with Gasteiger partial charge in [-0.3, -0.25) is 0 Å². The maximum Gasteiger partial charge on any atom is 0.125 e. The molecule has 5 heteroatoms. The number of aryl methyl sites for hydroxylation is 1. The third kappa shape index (κ3) is 2.24. The van der Waals surface area contributed by atoms with Gasteiger partial charge in [-0.1, -0.05) is 11.6 Å². The molecule has 0 aliphatic rings. The number of rotatable bonds is 2. The first-order valence-corrected chi connectivity index (χ1v) is 5.83. The van der Waals surface area contributed by atoms with E-state index in [-0.39, 0.29) is 12.4 Å². The Morgan fingerprint density at radius 2 is 2.19 bits per heavy atom. The summed E-state index contributed by atoms with van der Waals surface area (Å²) >= 11 is 7.18. The smallest absolute Gasteiger partial charge is 0.125 e. The lowest BCUT2D eigenvalue weighted by Crippen LogP contribution is -1.86. The summed E-state index contributed by atoms with van der Waals surface area (Å²) < 4.78 is 13.1. The maximum atomic E-state index is 13.1. The van der Waals surface area contributed by atoms with Gasteiger partial charge in [-0.15, -0.1) is 11.3 Å². The topological polar surface area (TPSA) is 33.1 Å². The van der Waals surface area contributed by atoms with Crippen molar-refractivity contribution in [3.05, 3.63) is 39.6 Å². The average Bonchev–Trinajstić information content (AvgIpc) is 2.58. The van der Waals surface area contributed by atoms with Crippen molar-refractivity contribution in [3.63, 3.8) is 0 Å². The van der Waals surface area contributed by atoms with Gasteiger partial charge in [0.25, 0.3) is 0 Å². The zero-order valence-electron chi connectivity index (χ0n) is 8.50. The lowest BCUT2D eigenvalue weighted by molar-refractivity contribution is 0.277. The lowest BCUT2D eigenvalue weighted by atomic mass is 10.2. The van der Waals surface area contributed by atoms with E-state index in [1.165, 1.54) is 23.5 Å². The molecule has 0 aliphatic heterocycles. The van der Waals surface area contributed by atoms with E-state index in [2.05, 4.69) is 4.98 Å². The van der Waals surface area contributed by atoms with Gasteiger partial charge in [0.15, 0.2) is 0 Å². The van der Waals surface area contributed by atoms with E-state index in [0.717, 1.165) is 4.88 Å². The van der Waals surface area contributed by atoms with Crippen molar-refractivity contribution in [1.82, 2.24) is 4.98 Å². The summed E-state index contributed by atoms with van der Waals surface area (Å²) in [5.41, 5.74) is 1.26. The average molecular weight is 258 g/mol. The molecule has 0 aliphatic carbocycles. The highest BCUT2D eigenvalue weighted by Crippen LogP contribution is 2.30. The van der Waals surface area contributed by atoms with Crippen LogP contribution in [0.25, 0.3) is 10.6 Å². The minimum atomic E-state index is -0.388. The highest BCUT2D eigenvalue weighted by molar-refractivity contribution is 7.15. The van der Waals surface area contributed by atoms with Crippen LogP contribution >= 0.6 is 22.9 Å². The molecule has 1 heterocycles. The molecule has 2 rings (SSSR count). The van der Waals surface area contributed by atoms with Gasteiger partial charge in [0, 0.05) is 15.5 Å². The molecule has 1 N–H and O–H groups in total. The molecule has 84 valence electrons. The third-order valence-electron chi connectivity index (χ3n) is 2.15. The van der Waals surface area contributed by atoms with Crippen LogP contribution < -0.4 is 0 Å². The number of aliphatic hydroxyl groups is 1. The van der Waals surface area contributed by atoms with Crippen LogP contribution in [0.2, 0.25) is 5.02 Å². The molecule has 2 aromatic rings. The Hall–Kier alpha value is -0.970. The first-order valence-electron chi connectivity index (χ1n) is 4.64. The van der Waals surface area contributed by atoms with Crippen molar-refractivity contribution in [3.8, 4) is 10.6 Å². The van der Waals surface area contributed by atoms with Gasteiger partial charge in [0.1, 0.15) is 10.8 Å². The quantitative estimate of drug-likeness (QED) is 0.894. The predicted molar refractivity (Wildman–Crippen MR) is 63.2 cm³/mol. The minimum absolute atomic E-state index is 0.106. The Morgan fingerprint density at radius 3 is 2.75 bits per heavy atom. The number of halogens is 2.